The number of primary amides is 1. The van der Waals surface area contributed by atoms with Crippen molar-refractivity contribution in [1.82, 2.24) is 10.3 Å². The van der Waals surface area contributed by atoms with Crippen LogP contribution in [0.1, 0.15) is 21.8 Å². The molecule has 23 heavy (non-hydrogen) atoms. The number of nitrogens with two attached hydrogens (primary N) is 1. The molecule has 120 valence electrons. The largest absolute Gasteiger partial charge is 0.378 e. The number of nitrogens with zero attached hydrogens (tertiary/aromatic N) is 1. The summed E-state index contributed by atoms with van der Waals surface area (Å²) in [6.07, 6.45) is 0.393. The van der Waals surface area contributed by atoms with Crippen LogP contribution in [0.5, 0.6) is 0 Å². The molecule has 1 aliphatic rings. The van der Waals surface area contributed by atoms with Crippen LogP contribution in [0.2, 0.25) is 0 Å². The second kappa shape index (κ2) is 6.10. The van der Waals surface area contributed by atoms with Gasteiger partial charge in [-0.2, -0.15) is 0 Å². The summed E-state index contributed by atoms with van der Waals surface area (Å²) in [4.78, 5) is 28.4. The van der Waals surface area contributed by atoms with E-state index < -0.39 is 11.4 Å². The Balaban J connectivity index is 1.76. The lowest BCUT2D eigenvalue weighted by Gasteiger charge is -2.24. The fraction of sp³-hybridized carbons (Fsp3) is 0.312. The van der Waals surface area contributed by atoms with Crippen molar-refractivity contribution in [3.8, 4) is 11.3 Å². The normalized spacial score (nSPS) is 20.4. The topological polar surface area (TPSA) is 94.3 Å². The van der Waals surface area contributed by atoms with E-state index in [0.29, 0.717) is 18.6 Å². The van der Waals surface area contributed by atoms with Crippen LogP contribution in [0.3, 0.4) is 0 Å². The molecule has 0 saturated carbocycles. The Labute approximate surface area is 137 Å². The zero-order valence-corrected chi connectivity index (χ0v) is 13.5. The van der Waals surface area contributed by atoms with Gasteiger partial charge >= 0.3 is 0 Å². The van der Waals surface area contributed by atoms with Gasteiger partial charge in [-0.1, -0.05) is 12.1 Å². The van der Waals surface area contributed by atoms with Crippen LogP contribution in [-0.2, 0) is 9.53 Å². The average molecular weight is 331 g/mol. The summed E-state index contributed by atoms with van der Waals surface area (Å²) in [5.41, 5.74) is 6.61. The highest BCUT2D eigenvalue weighted by molar-refractivity contribution is 7.09. The molecule has 0 aliphatic carbocycles. The monoisotopic (exact) mass is 331 g/mol. The Morgan fingerprint density at radius 1 is 1.35 bits per heavy atom. The number of hydrogen-bond donors (Lipinski definition) is 2. The highest BCUT2D eigenvalue weighted by Crippen LogP contribution is 2.23. The first kappa shape index (κ1) is 15.6. The van der Waals surface area contributed by atoms with Crippen LogP contribution in [0.25, 0.3) is 11.3 Å². The predicted octanol–water partition coefficient (Wildman–Crippen LogP) is 1.49. The number of ether oxygens (including phenoxy) is 1. The number of carbonyl (C=O) groups is 2. The van der Waals surface area contributed by atoms with E-state index in [0.717, 1.165) is 16.3 Å². The van der Waals surface area contributed by atoms with Crippen LogP contribution in [-0.4, -0.2) is 35.6 Å². The van der Waals surface area contributed by atoms with E-state index in [2.05, 4.69) is 10.3 Å². The van der Waals surface area contributed by atoms with Gasteiger partial charge in [0.2, 0.25) is 5.91 Å². The van der Waals surface area contributed by atoms with E-state index in [-0.39, 0.29) is 12.5 Å². The molecule has 1 aromatic heterocycles. The van der Waals surface area contributed by atoms with Gasteiger partial charge in [0, 0.05) is 29.5 Å². The highest BCUT2D eigenvalue weighted by atomic mass is 32.1. The average Bonchev–Trinajstić information content (AvgIpc) is 3.17. The van der Waals surface area contributed by atoms with Crippen LogP contribution in [0, 0.1) is 6.92 Å². The summed E-state index contributed by atoms with van der Waals surface area (Å²) in [5.74, 6) is -0.909. The maximum atomic E-state index is 12.4. The lowest BCUT2D eigenvalue weighted by Crippen LogP contribution is -2.58. The molecule has 0 bridgehead atoms. The molecule has 1 atom stereocenters. The fourth-order valence-corrected chi connectivity index (χ4v) is 3.12. The van der Waals surface area contributed by atoms with Gasteiger partial charge in [0.15, 0.2) is 0 Å². The van der Waals surface area contributed by atoms with E-state index in [1.807, 2.05) is 24.4 Å². The zero-order valence-electron chi connectivity index (χ0n) is 12.7. The first-order valence-corrected chi connectivity index (χ1v) is 8.11. The Morgan fingerprint density at radius 3 is 2.61 bits per heavy atom. The fourth-order valence-electron chi connectivity index (χ4n) is 2.50. The van der Waals surface area contributed by atoms with Crippen molar-refractivity contribution in [3.05, 3.63) is 40.2 Å². The third-order valence-corrected chi connectivity index (χ3v) is 4.68. The number of hydrogen-bond acceptors (Lipinski definition) is 5. The molecule has 7 heteroatoms. The van der Waals surface area contributed by atoms with Crippen LogP contribution in [0.15, 0.2) is 29.6 Å². The summed E-state index contributed by atoms with van der Waals surface area (Å²) in [6.45, 7) is 2.47. The minimum absolute atomic E-state index is 0.115. The van der Waals surface area contributed by atoms with Crippen molar-refractivity contribution in [2.45, 2.75) is 18.9 Å². The summed E-state index contributed by atoms with van der Waals surface area (Å²) in [6, 6.07) is 7.10. The summed E-state index contributed by atoms with van der Waals surface area (Å²) >= 11 is 1.58. The molecule has 1 saturated heterocycles. The molecule has 3 rings (SSSR count). The smallest absolute Gasteiger partial charge is 0.252 e. The van der Waals surface area contributed by atoms with Crippen molar-refractivity contribution >= 4 is 23.2 Å². The zero-order chi connectivity index (χ0) is 16.4. The first-order valence-electron chi connectivity index (χ1n) is 7.23. The summed E-state index contributed by atoms with van der Waals surface area (Å²) < 4.78 is 5.22. The van der Waals surface area contributed by atoms with E-state index in [1.165, 1.54) is 0 Å². The second-order valence-electron chi connectivity index (χ2n) is 5.53. The lowest BCUT2D eigenvalue weighted by molar-refractivity contribution is -0.124. The van der Waals surface area contributed by atoms with Gasteiger partial charge in [-0.05, 0) is 19.1 Å². The molecule has 2 amide bonds. The molecule has 1 aromatic carbocycles. The molecule has 2 heterocycles. The number of aryl methyl sites for hydroxylation is 1. The first-order chi connectivity index (χ1) is 11.0. The van der Waals surface area contributed by atoms with E-state index in [1.54, 1.807) is 23.5 Å². The highest BCUT2D eigenvalue weighted by Gasteiger charge is 2.42. The minimum atomic E-state index is -1.11. The van der Waals surface area contributed by atoms with E-state index >= 15 is 0 Å². The Morgan fingerprint density at radius 2 is 2.09 bits per heavy atom. The minimum Gasteiger partial charge on any atom is -0.378 e. The standard InChI is InChI=1S/C16H17N3O3S/c1-10-18-13(8-23-10)11-2-4-12(5-3-11)14(20)19-16(15(17)21)6-7-22-9-16/h2-5,8H,6-7,9H2,1H3,(H2,17,21)(H,19,20)/t16-/m0/s1. The van der Waals surface area contributed by atoms with Gasteiger partial charge in [0.05, 0.1) is 17.3 Å². The van der Waals surface area contributed by atoms with Gasteiger partial charge in [0.1, 0.15) is 5.54 Å². The third kappa shape index (κ3) is 3.11. The van der Waals surface area contributed by atoms with Crippen LogP contribution >= 0.6 is 11.3 Å². The molecule has 6 nitrogen and oxygen atoms in total. The van der Waals surface area contributed by atoms with E-state index in [9.17, 15) is 9.59 Å². The Bertz CT molecular complexity index is 733. The molecule has 1 fully saturated rings. The van der Waals surface area contributed by atoms with Crippen molar-refractivity contribution < 1.29 is 14.3 Å². The summed E-state index contributed by atoms with van der Waals surface area (Å²) in [5, 5.41) is 5.69. The number of benzene rings is 1. The van der Waals surface area contributed by atoms with Crippen LogP contribution < -0.4 is 11.1 Å². The molecule has 2 aromatic rings. The Hall–Kier alpha value is -2.25. The quantitative estimate of drug-likeness (QED) is 0.887. The number of carbonyl (C=O) groups excluding carboxylic acids is 2. The second-order valence-corrected chi connectivity index (χ2v) is 6.59. The van der Waals surface area contributed by atoms with Crippen LogP contribution in [0.4, 0.5) is 0 Å². The number of rotatable bonds is 4. The van der Waals surface area contributed by atoms with Gasteiger partial charge in [-0.15, -0.1) is 11.3 Å². The lowest BCUT2D eigenvalue weighted by atomic mass is 9.97. The molecule has 0 unspecified atom stereocenters. The molecular formula is C16H17N3O3S. The van der Waals surface area contributed by atoms with Crippen molar-refractivity contribution in [1.29, 1.82) is 0 Å². The van der Waals surface area contributed by atoms with Crippen molar-refractivity contribution in [3.63, 3.8) is 0 Å². The van der Waals surface area contributed by atoms with Gasteiger partial charge < -0.3 is 15.8 Å². The van der Waals surface area contributed by atoms with Gasteiger partial charge in [0.25, 0.3) is 5.91 Å². The van der Waals surface area contributed by atoms with Crippen molar-refractivity contribution in [2.75, 3.05) is 13.2 Å². The molecule has 0 radical (unpaired) electrons. The van der Waals surface area contributed by atoms with Gasteiger partial charge in [-0.3, -0.25) is 9.59 Å². The number of amides is 2. The predicted molar refractivity (Wildman–Crippen MR) is 87.1 cm³/mol. The molecular weight excluding hydrogens is 314 g/mol. The number of nitrogens with one attached hydrogen (secondary N) is 1. The summed E-state index contributed by atoms with van der Waals surface area (Å²) in [7, 11) is 0. The molecule has 3 N–H and O–H groups in total. The number of thiazole rings is 1. The Kier molecular flexibility index (Phi) is 4.14. The maximum absolute atomic E-state index is 12.4. The molecule has 1 aliphatic heterocycles. The van der Waals surface area contributed by atoms with E-state index in [4.69, 9.17) is 10.5 Å². The SMILES string of the molecule is Cc1nc(-c2ccc(C(=O)N[C@@]3(C(N)=O)CCOC3)cc2)cs1. The third-order valence-electron chi connectivity index (χ3n) is 3.91. The molecule has 0 spiro atoms. The maximum Gasteiger partial charge on any atom is 0.252 e. The number of aromatic nitrogens is 1. The van der Waals surface area contributed by atoms with Crippen molar-refractivity contribution in [2.24, 2.45) is 5.73 Å². The van der Waals surface area contributed by atoms with Gasteiger partial charge in [-0.25, -0.2) is 4.98 Å².